The minimum atomic E-state index is -5.92. The summed E-state index contributed by atoms with van der Waals surface area (Å²) < 4.78 is 58.5. The Labute approximate surface area is 387 Å². The van der Waals surface area contributed by atoms with E-state index in [1.165, 1.54) is 97.2 Å². The zero-order chi connectivity index (χ0) is 49.0. The predicted molar refractivity (Wildman–Crippen MR) is 259 cm³/mol. The molecule has 20 nitrogen and oxygen atoms in total. The maximum atomic E-state index is 14.9. The number of H-pyrrole nitrogens is 2. The fourth-order valence-corrected chi connectivity index (χ4v) is 15.2. The molecule has 0 fully saturated rings. The first-order valence-corrected chi connectivity index (χ1v) is 27.2. The van der Waals surface area contributed by atoms with Gasteiger partial charge in [0.1, 0.15) is 20.6 Å². The van der Waals surface area contributed by atoms with Crippen molar-refractivity contribution >= 4 is 75.7 Å². The van der Waals surface area contributed by atoms with Crippen LogP contribution in [0.25, 0.3) is 45.4 Å². The fourth-order valence-electron chi connectivity index (χ4n) is 10.1. The molecule has 68 heavy (non-hydrogen) atoms. The van der Waals surface area contributed by atoms with E-state index in [2.05, 4.69) is 9.97 Å². The lowest BCUT2D eigenvalue weighted by Crippen LogP contribution is -2.51. The minimum Gasteiger partial charge on any atom is -0.355 e. The largest absolute Gasteiger partial charge is 0.355 e. The molecule has 0 spiro atoms. The van der Waals surface area contributed by atoms with E-state index in [0.717, 1.165) is 24.3 Å². The van der Waals surface area contributed by atoms with Crippen molar-refractivity contribution in [3.8, 4) is 0 Å². The molecule has 0 aromatic carbocycles. The van der Waals surface area contributed by atoms with E-state index in [9.17, 15) is 57.4 Å². The van der Waals surface area contributed by atoms with Crippen LogP contribution in [0.15, 0.2) is 134 Å². The predicted octanol–water partition coefficient (Wildman–Crippen LogP) is 3.79. The van der Waals surface area contributed by atoms with Gasteiger partial charge < -0.3 is 72.0 Å². The van der Waals surface area contributed by atoms with Crippen LogP contribution in [0.1, 0.15) is 33.9 Å². The van der Waals surface area contributed by atoms with Crippen LogP contribution in [0, 0.1) is 0 Å². The van der Waals surface area contributed by atoms with Gasteiger partial charge in [-0.15, -0.1) is 0 Å². The van der Waals surface area contributed by atoms with Gasteiger partial charge in [-0.3, -0.25) is 18.3 Å². The van der Waals surface area contributed by atoms with E-state index in [4.69, 9.17) is 32.9 Å². The Morgan fingerprint density at radius 1 is 0.471 bits per heavy atom. The average molecular weight is 1000 g/mol. The molecule has 0 saturated carbocycles. The molecule has 2 aliphatic heterocycles. The van der Waals surface area contributed by atoms with Gasteiger partial charge in [0.05, 0.1) is 28.3 Å². The standard InChI is InChI=1S/C44H46N8O12P4/c45-32-9-1-5-17-41(32,65(53,54)55)30-23-29-22-27-14-13-25(49-27)21-26-15-16-28(50-26)24-31-36(42(66(56,57)58)18-6-2-10-33(42)46)37(43(67(59,60)61)19-7-3-11-34(43)47)40(52-31)38(39(30)51-29)44(68(62,63)64)20-8-4-12-35(44)48/h1-24,32-35,49,51H,45-48H2,(H2,53,54,55)(H2,56,57,58)(H2,59,60,61)(H2,62,63,64). The third-order valence-electron chi connectivity index (χ3n) is 13.3. The Hall–Kier alpha value is -5.04. The first kappa shape index (κ1) is 48.0. The van der Waals surface area contributed by atoms with E-state index in [0.29, 0.717) is 16.7 Å². The zero-order valence-electron chi connectivity index (χ0n) is 35.4. The Bertz CT molecular complexity index is 3380. The number of allylic oxidation sites excluding steroid dienone is 8. The van der Waals surface area contributed by atoms with E-state index in [-0.39, 0.29) is 16.8 Å². The van der Waals surface area contributed by atoms with Gasteiger partial charge in [0.2, 0.25) is 0 Å². The molecule has 8 bridgehead atoms. The summed E-state index contributed by atoms with van der Waals surface area (Å²) in [5.41, 5.74) is 24.5. The molecule has 0 radical (unpaired) electrons. The number of nitrogens with zero attached hydrogens (tertiary/aromatic N) is 2. The van der Waals surface area contributed by atoms with Crippen molar-refractivity contribution in [2.45, 2.75) is 44.8 Å². The highest BCUT2D eigenvalue weighted by molar-refractivity contribution is 7.56. The van der Waals surface area contributed by atoms with Crippen LogP contribution in [-0.4, -0.2) is 93.6 Å². The Morgan fingerprint density at radius 3 is 1.37 bits per heavy atom. The number of hydrogen-bond donors (Lipinski definition) is 14. The van der Waals surface area contributed by atoms with Gasteiger partial charge in [0, 0.05) is 63.0 Å². The summed E-state index contributed by atoms with van der Waals surface area (Å²) >= 11 is 0. The number of aromatic amines is 2. The molecule has 9 rings (SSSR count). The molecule has 8 atom stereocenters. The van der Waals surface area contributed by atoms with Gasteiger partial charge in [-0.2, -0.15) is 0 Å². The molecular weight excluding hydrogens is 956 g/mol. The van der Waals surface area contributed by atoms with Gasteiger partial charge in [-0.1, -0.05) is 97.2 Å². The molecule has 354 valence electrons. The molecule has 4 aliphatic carbocycles. The first-order valence-electron chi connectivity index (χ1n) is 20.7. The summed E-state index contributed by atoms with van der Waals surface area (Å²) in [6.07, 6.45) is 23.1. The zero-order valence-corrected chi connectivity index (χ0v) is 38.9. The van der Waals surface area contributed by atoms with Crippen LogP contribution < -0.4 is 22.9 Å². The molecule has 24 heteroatoms. The van der Waals surface area contributed by atoms with Crippen molar-refractivity contribution in [2.75, 3.05) is 0 Å². The van der Waals surface area contributed by atoms with Crippen LogP contribution in [-0.2, 0) is 28.6 Å². The molecule has 6 aliphatic rings. The summed E-state index contributed by atoms with van der Waals surface area (Å²) in [5.74, 6) is 0. The molecule has 18 N–H and O–H groups in total. The van der Waals surface area contributed by atoms with E-state index in [1.54, 1.807) is 24.3 Å². The number of nitrogens with one attached hydrogen (secondary N) is 2. The van der Waals surface area contributed by atoms with Crippen LogP contribution >= 0.6 is 30.4 Å². The number of aromatic nitrogens is 4. The lowest BCUT2D eigenvalue weighted by molar-refractivity contribution is 0.333. The van der Waals surface area contributed by atoms with Crippen LogP contribution in [0.4, 0.5) is 0 Å². The number of rotatable bonds is 8. The van der Waals surface area contributed by atoms with Gasteiger partial charge in [-0.05, 0) is 48.6 Å². The third-order valence-corrected chi connectivity index (χ3v) is 19.9. The summed E-state index contributed by atoms with van der Waals surface area (Å²) in [5, 5.41) is -11.2. The molecular formula is C44H46N8O12P4. The minimum absolute atomic E-state index is 0.0468. The van der Waals surface area contributed by atoms with Crippen LogP contribution in [0.5, 0.6) is 0 Å². The first-order chi connectivity index (χ1) is 31.8. The quantitative estimate of drug-likeness (QED) is 0.112. The van der Waals surface area contributed by atoms with Crippen molar-refractivity contribution in [3.05, 3.63) is 168 Å². The second-order valence-electron chi connectivity index (χ2n) is 17.1. The summed E-state index contributed by atoms with van der Waals surface area (Å²) in [6.45, 7) is 0. The molecule has 0 saturated heterocycles. The van der Waals surface area contributed by atoms with Crippen molar-refractivity contribution in [1.82, 2.24) is 19.9 Å². The van der Waals surface area contributed by atoms with Gasteiger partial charge >= 0.3 is 30.4 Å². The summed E-state index contributed by atoms with van der Waals surface area (Å²) in [4.78, 5) is 111. The Morgan fingerprint density at radius 2 is 0.897 bits per heavy atom. The van der Waals surface area contributed by atoms with Crippen molar-refractivity contribution in [2.24, 2.45) is 22.9 Å². The smallest absolute Gasteiger partial charge is 0.341 e. The molecule has 8 unspecified atom stereocenters. The molecule has 3 aromatic heterocycles. The molecule has 5 heterocycles. The SMILES string of the molecule is NC1C=CC=CC1(C1=C(C2(P(=O)(O)O)C=CC=CC2N)c2nc1cc1nc(cc3ccc(cc4cc(C5(P(=O)(O)O)C=CC=CC5N)c([nH]4)c2C2(P(=O)(O)O)C=CC=CC2N)[nH]3)C=C1)P(=O)(O)O. The maximum Gasteiger partial charge on any atom is 0.341 e. The highest BCUT2D eigenvalue weighted by Crippen LogP contribution is 2.72. The number of hydrogen-bond acceptors (Lipinski definition) is 10. The summed E-state index contributed by atoms with van der Waals surface area (Å²) in [6, 6.07) is 2.33. The monoisotopic (exact) mass is 1000 g/mol. The number of nitrogens with two attached hydrogens (primary N) is 4. The normalized spacial score (nSPS) is 30.2. The highest BCUT2D eigenvalue weighted by atomic mass is 31.2. The summed E-state index contributed by atoms with van der Waals surface area (Å²) in [7, 11) is -23.2. The highest BCUT2D eigenvalue weighted by Gasteiger charge is 2.65. The average Bonchev–Trinajstić information content (AvgIpc) is 4.05. The van der Waals surface area contributed by atoms with E-state index < -0.39 is 109 Å². The second-order valence-corrected chi connectivity index (χ2v) is 24.4. The Kier molecular flexibility index (Phi) is 11.5. The lowest BCUT2D eigenvalue weighted by atomic mass is 9.74. The third kappa shape index (κ3) is 7.00. The van der Waals surface area contributed by atoms with Gasteiger partial charge in [0.15, 0.2) is 0 Å². The van der Waals surface area contributed by atoms with Crippen molar-refractivity contribution < 1.29 is 57.4 Å². The molecule has 0 amide bonds. The van der Waals surface area contributed by atoms with Crippen LogP contribution in [0.3, 0.4) is 0 Å². The van der Waals surface area contributed by atoms with E-state index >= 15 is 0 Å². The topological polar surface area (TPSA) is 392 Å². The number of fused-ring (bicyclic) bond motifs is 8. The fraction of sp³-hybridized carbons (Fsp3) is 0.182. The maximum absolute atomic E-state index is 14.9. The van der Waals surface area contributed by atoms with Gasteiger partial charge in [-0.25, -0.2) is 9.97 Å². The van der Waals surface area contributed by atoms with Crippen molar-refractivity contribution in [3.63, 3.8) is 0 Å². The second kappa shape index (κ2) is 16.3. The molecule has 3 aromatic rings. The lowest BCUT2D eigenvalue weighted by Gasteiger charge is -2.45. The van der Waals surface area contributed by atoms with Gasteiger partial charge in [0.25, 0.3) is 0 Å². The van der Waals surface area contributed by atoms with Crippen molar-refractivity contribution in [1.29, 1.82) is 0 Å². The van der Waals surface area contributed by atoms with Crippen LogP contribution in [0.2, 0.25) is 0 Å². The Balaban J connectivity index is 1.70. The van der Waals surface area contributed by atoms with E-state index in [1.807, 2.05) is 0 Å².